The van der Waals surface area contributed by atoms with E-state index in [-0.39, 0.29) is 16.5 Å². The van der Waals surface area contributed by atoms with Crippen LogP contribution in [-0.4, -0.2) is 59.1 Å². The molecule has 4 rings (SSSR count). The minimum absolute atomic E-state index is 0.0245. The number of fused-ring (bicyclic) bond motifs is 1. The van der Waals surface area contributed by atoms with E-state index in [9.17, 15) is 23.3 Å². The molecule has 0 radical (unpaired) electrons. The summed E-state index contributed by atoms with van der Waals surface area (Å²) in [6, 6.07) is 7.85. The summed E-state index contributed by atoms with van der Waals surface area (Å²) in [5, 5.41) is 11.4. The van der Waals surface area contributed by atoms with E-state index in [0.717, 1.165) is 37.0 Å². The molecule has 9 nitrogen and oxygen atoms in total. The largest absolute Gasteiger partial charge is 0.338 e. The van der Waals surface area contributed by atoms with E-state index < -0.39 is 14.8 Å². The van der Waals surface area contributed by atoms with Crippen LogP contribution in [0.2, 0.25) is 0 Å². The normalized spacial score (nSPS) is 15.8. The molecule has 0 bridgehead atoms. The molecule has 2 aromatic heterocycles. The van der Waals surface area contributed by atoms with Gasteiger partial charge in [0, 0.05) is 12.8 Å². The molecule has 11 heteroatoms. The van der Waals surface area contributed by atoms with Gasteiger partial charge in [-0.3, -0.25) is 19.8 Å². The second kappa shape index (κ2) is 8.72. The van der Waals surface area contributed by atoms with Crippen molar-refractivity contribution >= 4 is 48.8 Å². The molecule has 1 aliphatic rings. The Hall–Kier alpha value is -2.63. The third kappa shape index (κ3) is 4.32. The number of aromatic amines is 1. The SMILES string of the molecule is CS(=O)(=O)C1CCN(Cc2ccc(-c3[nH]c4ncc([N+](=O)[O-])c(C=O)c4c3Br)cc2)CC1. The molecular formula is C21H21BrN4O5S. The number of hydrogen-bond donors (Lipinski definition) is 1. The fourth-order valence-corrected chi connectivity index (χ4v) is 5.92. The number of pyridine rings is 1. The quantitative estimate of drug-likeness (QED) is 0.298. The molecule has 1 fully saturated rings. The molecule has 0 spiro atoms. The topological polar surface area (TPSA) is 126 Å². The van der Waals surface area contributed by atoms with Crippen molar-refractivity contribution in [3.8, 4) is 11.3 Å². The summed E-state index contributed by atoms with van der Waals surface area (Å²) in [7, 11) is -2.99. The summed E-state index contributed by atoms with van der Waals surface area (Å²) in [5.74, 6) is 0. The van der Waals surface area contributed by atoms with Gasteiger partial charge in [-0.1, -0.05) is 24.3 Å². The van der Waals surface area contributed by atoms with Crippen molar-refractivity contribution in [2.24, 2.45) is 0 Å². The Labute approximate surface area is 193 Å². The van der Waals surface area contributed by atoms with E-state index in [1.54, 1.807) is 0 Å². The average molecular weight is 521 g/mol. The Morgan fingerprint density at radius 1 is 1.28 bits per heavy atom. The number of nitrogens with zero attached hydrogens (tertiary/aromatic N) is 3. The zero-order chi connectivity index (χ0) is 23.0. The minimum atomic E-state index is -2.99. The van der Waals surface area contributed by atoms with Crippen LogP contribution in [-0.2, 0) is 16.4 Å². The van der Waals surface area contributed by atoms with Gasteiger partial charge in [0.15, 0.2) is 6.29 Å². The number of sulfone groups is 1. The molecule has 0 saturated carbocycles. The molecule has 3 heterocycles. The van der Waals surface area contributed by atoms with Gasteiger partial charge in [-0.25, -0.2) is 13.4 Å². The maximum Gasteiger partial charge on any atom is 0.298 e. The van der Waals surface area contributed by atoms with Gasteiger partial charge in [0.25, 0.3) is 5.69 Å². The Kier molecular flexibility index (Phi) is 6.15. The summed E-state index contributed by atoms with van der Waals surface area (Å²) in [6.07, 6.45) is 4.16. The van der Waals surface area contributed by atoms with Crippen molar-refractivity contribution in [2.75, 3.05) is 19.3 Å². The second-order valence-corrected chi connectivity index (χ2v) is 11.1. The molecule has 0 amide bonds. The molecule has 32 heavy (non-hydrogen) atoms. The number of aldehydes is 1. The molecule has 3 aromatic rings. The number of aromatic nitrogens is 2. The first-order valence-electron chi connectivity index (χ1n) is 9.99. The number of carbonyl (C=O) groups is 1. The number of halogens is 1. The molecule has 1 N–H and O–H groups in total. The molecular weight excluding hydrogens is 500 g/mol. The predicted molar refractivity (Wildman–Crippen MR) is 124 cm³/mol. The average Bonchev–Trinajstić information content (AvgIpc) is 3.10. The first kappa shape index (κ1) is 22.6. The van der Waals surface area contributed by atoms with Crippen molar-refractivity contribution in [1.82, 2.24) is 14.9 Å². The smallest absolute Gasteiger partial charge is 0.298 e. The number of rotatable bonds is 6. The lowest BCUT2D eigenvalue weighted by Crippen LogP contribution is -2.38. The van der Waals surface area contributed by atoms with E-state index in [1.807, 2.05) is 24.3 Å². The number of likely N-dealkylation sites (tertiary alicyclic amines) is 1. The third-order valence-corrected chi connectivity index (χ3v) is 8.36. The highest BCUT2D eigenvalue weighted by molar-refractivity contribution is 9.10. The lowest BCUT2D eigenvalue weighted by Gasteiger charge is -2.31. The van der Waals surface area contributed by atoms with Crippen LogP contribution in [0.4, 0.5) is 5.69 Å². The van der Waals surface area contributed by atoms with E-state index in [1.165, 1.54) is 6.26 Å². The molecule has 0 aliphatic carbocycles. The molecule has 1 aromatic carbocycles. The molecule has 168 valence electrons. The molecule has 1 aliphatic heterocycles. The Balaban J connectivity index is 1.55. The fraction of sp³-hybridized carbons (Fsp3) is 0.333. The lowest BCUT2D eigenvalue weighted by molar-refractivity contribution is -0.385. The number of piperidine rings is 1. The van der Waals surface area contributed by atoms with Crippen LogP contribution in [0.3, 0.4) is 0 Å². The highest BCUT2D eigenvalue weighted by Gasteiger charge is 2.27. The highest BCUT2D eigenvalue weighted by atomic mass is 79.9. The predicted octanol–water partition coefficient (Wildman–Crippen LogP) is 3.72. The lowest BCUT2D eigenvalue weighted by atomic mass is 10.1. The van der Waals surface area contributed by atoms with Crippen molar-refractivity contribution in [2.45, 2.75) is 24.6 Å². The Morgan fingerprint density at radius 2 is 1.94 bits per heavy atom. The number of carbonyl (C=O) groups excluding carboxylic acids is 1. The number of benzene rings is 1. The summed E-state index contributed by atoms with van der Waals surface area (Å²) in [4.78, 5) is 31.6. The Bertz CT molecular complexity index is 1300. The zero-order valence-electron chi connectivity index (χ0n) is 17.2. The second-order valence-electron chi connectivity index (χ2n) is 7.97. The Morgan fingerprint density at radius 3 is 2.50 bits per heavy atom. The van der Waals surface area contributed by atoms with E-state index in [4.69, 9.17) is 0 Å². The highest BCUT2D eigenvalue weighted by Crippen LogP contribution is 2.38. The number of nitro groups is 1. The van der Waals surface area contributed by atoms with Gasteiger partial charge in [-0.15, -0.1) is 0 Å². The first-order valence-corrected chi connectivity index (χ1v) is 12.7. The van der Waals surface area contributed by atoms with E-state index >= 15 is 0 Å². The van der Waals surface area contributed by atoms with Crippen LogP contribution in [0.1, 0.15) is 28.8 Å². The van der Waals surface area contributed by atoms with Gasteiger partial charge < -0.3 is 4.98 Å². The van der Waals surface area contributed by atoms with Crippen molar-refractivity contribution in [3.63, 3.8) is 0 Å². The molecule has 0 unspecified atom stereocenters. The van der Waals surface area contributed by atoms with Gasteiger partial charge in [-0.2, -0.15) is 0 Å². The van der Waals surface area contributed by atoms with Crippen LogP contribution in [0.15, 0.2) is 34.9 Å². The first-order chi connectivity index (χ1) is 15.2. The summed E-state index contributed by atoms with van der Waals surface area (Å²) < 4.78 is 24.0. The van der Waals surface area contributed by atoms with Crippen molar-refractivity contribution < 1.29 is 18.1 Å². The zero-order valence-corrected chi connectivity index (χ0v) is 19.6. The summed E-state index contributed by atoms with van der Waals surface area (Å²) >= 11 is 3.47. The van der Waals surface area contributed by atoms with Crippen LogP contribution < -0.4 is 0 Å². The van der Waals surface area contributed by atoms with Crippen LogP contribution >= 0.6 is 15.9 Å². The standard InChI is InChI=1S/C21H21BrN4O5S/c1-32(30,31)15-6-8-25(9-7-15)11-13-2-4-14(5-3-13)20-19(22)18-16(12-27)17(26(28)29)10-23-21(18)24-20/h2-5,10,12,15H,6-9,11H2,1H3,(H,23,24). The van der Waals surface area contributed by atoms with Crippen LogP contribution in [0.5, 0.6) is 0 Å². The van der Waals surface area contributed by atoms with Gasteiger partial charge >= 0.3 is 0 Å². The maximum absolute atomic E-state index is 11.7. The minimum Gasteiger partial charge on any atom is -0.338 e. The third-order valence-electron chi connectivity index (χ3n) is 5.88. The van der Waals surface area contributed by atoms with Gasteiger partial charge in [-0.05, 0) is 53.0 Å². The monoisotopic (exact) mass is 520 g/mol. The summed E-state index contributed by atoms with van der Waals surface area (Å²) in [6.45, 7) is 2.21. The van der Waals surface area contributed by atoms with Crippen LogP contribution in [0.25, 0.3) is 22.3 Å². The van der Waals surface area contributed by atoms with Gasteiger partial charge in [0.2, 0.25) is 0 Å². The van der Waals surface area contributed by atoms with Crippen molar-refractivity contribution in [3.05, 3.63) is 56.2 Å². The van der Waals surface area contributed by atoms with E-state index in [2.05, 4.69) is 30.8 Å². The summed E-state index contributed by atoms with van der Waals surface area (Å²) in [5.41, 5.74) is 2.64. The number of nitrogens with one attached hydrogen (secondary N) is 1. The van der Waals surface area contributed by atoms with Crippen LogP contribution in [0, 0.1) is 10.1 Å². The number of H-pyrrole nitrogens is 1. The van der Waals surface area contributed by atoms with Crippen molar-refractivity contribution in [1.29, 1.82) is 0 Å². The fourth-order valence-electron chi connectivity index (χ4n) is 4.12. The van der Waals surface area contributed by atoms with E-state index in [0.29, 0.717) is 40.3 Å². The van der Waals surface area contributed by atoms with Gasteiger partial charge in [0.05, 0.1) is 25.7 Å². The number of hydrogen-bond acceptors (Lipinski definition) is 7. The molecule has 1 saturated heterocycles. The molecule has 0 atom stereocenters. The maximum atomic E-state index is 11.7. The van der Waals surface area contributed by atoms with Gasteiger partial charge in [0.1, 0.15) is 27.2 Å².